The largest absolute Gasteiger partial charge is 0.321 e. The maximum absolute atomic E-state index is 13.5. The molecule has 0 bridgehead atoms. The third-order valence-electron chi connectivity index (χ3n) is 3.04. The second-order valence-corrected chi connectivity index (χ2v) is 4.52. The summed E-state index contributed by atoms with van der Waals surface area (Å²) in [5, 5.41) is -0.0666. The summed E-state index contributed by atoms with van der Waals surface area (Å²) in [6.45, 7) is 0. The standard InChI is InChI=1S/C11H12ClF2N/c12-8-5-7(9(13)6-10(8)14)11(15)3-1-2-4-11/h5-6H,1-4,15H2. The topological polar surface area (TPSA) is 26.0 Å². The lowest BCUT2D eigenvalue weighted by atomic mass is 9.89. The molecule has 1 aromatic rings. The zero-order valence-corrected chi connectivity index (χ0v) is 8.95. The number of halogens is 3. The van der Waals surface area contributed by atoms with Crippen LogP contribution in [0.5, 0.6) is 0 Å². The molecule has 15 heavy (non-hydrogen) atoms. The minimum Gasteiger partial charge on any atom is -0.321 e. The van der Waals surface area contributed by atoms with Crippen LogP contribution in [0.4, 0.5) is 8.78 Å². The molecule has 1 aromatic carbocycles. The molecule has 0 unspecified atom stereocenters. The van der Waals surface area contributed by atoms with Crippen molar-refractivity contribution < 1.29 is 8.78 Å². The Balaban J connectivity index is 2.48. The molecule has 2 N–H and O–H groups in total. The fourth-order valence-electron chi connectivity index (χ4n) is 2.18. The van der Waals surface area contributed by atoms with Crippen LogP contribution in [-0.2, 0) is 5.54 Å². The average Bonchev–Trinajstić information content (AvgIpc) is 2.60. The molecule has 1 aliphatic carbocycles. The number of hydrogen-bond donors (Lipinski definition) is 1. The summed E-state index contributed by atoms with van der Waals surface area (Å²) in [4.78, 5) is 0. The van der Waals surface area contributed by atoms with Crippen LogP contribution >= 0.6 is 11.6 Å². The summed E-state index contributed by atoms with van der Waals surface area (Å²) in [6, 6.07) is 2.13. The zero-order valence-electron chi connectivity index (χ0n) is 8.19. The first kappa shape index (κ1) is 10.8. The van der Waals surface area contributed by atoms with E-state index in [1.165, 1.54) is 6.07 Å². The van der Waals surface area contributed by atoms with Gasteiger partial charge in [0.2, 0.25) is 0 Å². The molecule has 82 valence electrons. The summed E-state index contributed by atoms with van der Waals surface area (Å²) in [5.41, 5.74) is 5.75. The van der Waals surface area contributed by atoms with Crippen LogP contribution in [0.25, 0.3) is 0 Å². The van der Waals surface area contributed by atoms with Gasteiger partial charge in [0.05, 0.1) is 5.02 Å². The molecule has 1 nitrogen and oxygen atoms in total. The van der Waals surface area contributed by atoms with Gasteiger partial charge in [-0.3, -0.25) is 0 Å². The minimum absolute atomic E-state index is 0.0666. The van der Waals surface area contributed by atoms with Gasteiger partial charge in [0.25, 0.3) is 0 Å². The van der Waals surface area contributed by atoms with E-state index in [0.717, 1.165) is 31.7 Å². The van der Waals surface area contributed by atoms with Crippen LogP contribution in [0, 0.1) is 11.6 Å². The van der Waals surface area contributed by atoms with Crippen molar-refractivity contribution in [1.82, 2.24) is 0 Å². The van der Waals surface area contributed by atoms with Crippen molar-refractivity contribution in [2.45, 2.75) is 31.2 Å². The van der Waals surface area contributed by atoms with Crippen LogP contribution in [-0.4, -0.2) is 0 Å². The first-order valence-electron chi connectivity index (χ1n) is 4.97. The summed E-state index contributed by atoms with van der Waals surface area (Å²) in [5.74, 6) is -1.33. The molecule has 2 rings (SSSR count). The number of nitrogens with two attached hydrogens (primary N) is 1. The Bertz CT molecular complexity index is 386. The summed E-state index contributed by atoms with van der Waals surface area (Å²) >= 11 is 5.63. The molecule has 1 fully saturated rings. The molecule has 0 radical (unpaired) electrons. The van der Waals surface area contributed by atoms with E-state index in [0.29, 0.717) is 5.56 Å². The maximum Gasteiger partial charge on any atom is 0.144 e. The van der Waals surface area contributed by atoms with Crippen molar-refractivity contribution >= 4 is 11.6 Å². The van der Waals surface area contributed by atoms with Crippen LogP contribution in [0.15, 0.2) is 12.1 Å². The summed E-state index contributed by atoms with van der Waals surface area (Å²) in [6.07, 6.45) is 3.41. The highest BCUT2D eigenvalue weighted by Crippen LogP contribution is 2.38. The van der Waals surface area contributed by atoms with Gasteiger partial charge in [0, 0.05) is 17.2 Å². The van der Waals surface area contributed by atoms with Gasteiger partial charge in [-0.05, 0) is 18.9 Å². The Labute approximate surface area is 92.2 Å². The minimum atomic E-state index is -0.737. The maximum atomic E-state index is 13.5. The first-order chi connectivity index (χ1) is 7.03. The average molecular weight is 232 g/mol. The number of benzene rings is 1. The normalized spacial score (nSPS) is 19.5. The van der Waals surface area contributed by atoms with Gasteiger partial charge in [-0.25, -0.2) is 8.78 Å². The van der Waals surface area contributed by atoms with Crippen LogP contribution < -0.4 is 5.73 Å². The van der Waals surface area contributed by atoms with E-state index < -0.39 is 17.2 Å². The van der Waals surface area contributed by atoms with Gasteiger partial charge in [-0.2, -0.15) is 0 Å². The van der Waals surface area contributed by atoms with E-state index in [4.69, 9.17) is 17.3 Å². The molecule has 4 heteroatoms. The molecular weight excluding hydrogens is 220 g/mol. The van der Waals surface area contributed by atoms with Crippen LogP contribution in [0.2, 0.25) is 5.02 Å². The van der Waals surface area contributed by atoms with E-state index >= 15 is 0 Å². The molecule has 0 atom stereocenters. The fraction of sp³-hybridized carbons (Fsp3) is 0.455. The van der Waals surface area contributed by atoms with Crippen molar-refractivity contribution in [3.05, 3.63) is 34.4 Å². The van der Waals surface area contributed by atoms with E-state index in [1.54, 1.807) is 0 Å². The Morgan fingerprint density at radius 1 is 1.13 bits per heavy atom. The zero-order chi connectivity index (χ0) is 11.1. The Kier molecular flexibility index (Phi) is 2.69. The number of rotatable bonds is 1. The third kappa shape index (κ3) is 1.86. The molecule has 0 aromatic heterocycles. The lowest BCUT2D eigenvalue weighted by Crippen LogP contribution is -2.34. The monoisotopic (exact) mass is 231 g/mol. The lowest BCUT2D eigenvalue weighted by Gasteiger charge is -2.24. The molecule has 0 aliphatic heterocycles. The van der Waals surface area contributed by atoms with Gasteiger partial charge in [0.15, 0.2) is 0 Å². The molecular formula is C11H12ClF2N. The van der Waals surface area contributed by atoms with Crippen LogP contribution in [0.3, 0.4) is 0 Å². The summed E-state index contributed by atoms with van der Waals surface area (Å²) < 4.78 is 26.5. The lowest BCUT2D eigenvalue weighted by molar-refractivity contribution is 0.430. The molecule has 0 spiro atoms. The highest BCUT2D eigenvalue weighted by Gasteiger charge is 2.34. The second kappa shape index (κ2) is 3.72. The molecule has 0 amide bonds. The van der Waals surface area contributed by atoms with Gasteiger partial charge in [-0.1, -0.05) is 24.4 Å². The SMILES string of the molecule is NC1(c2cc(Cl)c(F)cc2F)CCCC1. The molecule has 1 saturated carbocycles. The van der Waals surface area contributed by atoms with Gasteiger partial charge in [-0.15, -0.1) is 0 Å². The second-order valence-electron chi connectivity index (χ2n) is 4.11. The predicted octanol–water partition coefficient (Wildman–Crippen LogP) is 3.35. The summed E-state index contributed by atoms with van der Waals surface area (Å²) in [7, 11) is 0. The van der Waals surface area contributed by atoms with Crippen molar-refractivity contribution in [3.8, 4) is 0 Å². The van der Waals surface area contributed by atoms with Crippen molar-refractivity contribution in [3.63, 3.8) is 0 Å². The Hall–Kier alpha value is -0.670. The van der Waals surface area contributed by atoms with Gasteiger partial charge in [0.1, 0.15) is 11.6 Å². The van der Waals surface area contributed by atoms with Crippen molar-refractivity contribution in [1.29, 1.82) is 0 Å². The third-order valence-corrected chi connectivity index (χ3v) is 3.33. The first-order valence-corrected chi connectivity index (χ1v) is 5.35. The van der Waals surface area contributed by atoms with Crippen molar-refractivity contribution in [2.75, 3.05) is 0 Å². The fourth-order valence-corrected chi connectivity index (χ4v) is 2.34. The van der Waals surface area contributed by atoms with Crippen LogP contribution in [0.1, 0.15) is 31.2 Å². The van der Waals surface area contributed by atoms with E-state index in [-0.39, 0.29) is 5.02 Å². The molecule has 1 aliphatic rings. The van der Waals surface area contributed by atoms with Gasteiger partial charge < -0.3 is 5.73 Å². The highest BCUT2D eigenvalue weighted by atomic mass is 35.5. The molecule has 0 heterocycles. The number of hydrogen-bond acceptors (Lipinski definition) is 1. The predicted molar refractivity (Wildman–Crippen MR) is 55.7 cm³/mol. The Morgan fingerprint density at radius 2 is 1.73 bits per heavy atom. The van der Waals surface area contributed by atoms with E-state index in [2.05, 4.69) is 0 Å². The molecule has 0 saturated heterocycles. The van der Waals surface area contributed by atoms with Gasteiger partial charge >= 0.3 is 0 Å². The quantitative estimate of drug-likeness (QED) is 0.737. The highest BCUT2D eigenvalue weighted by molar-refractivity contribution is 6.30. The smallest absolute Gasteiger partial charge is 0.144 e. The van der Waals surface area contributed by atoms with Crippen molar-refractivity contribution in [2.24, 2.45) is 5.73 Å². The Morgan fingerprint density at radius 3 is 2.33 bits per heavy atom. The van der Waals surface area contributed by atoms with E-state index in [1.807, 2.05) is 0 Å². The van der Waals surface area contributed by atoms with E-state index in [9.17, 15) is 8.78 Å².